The van der Waals surface area contributed by atoms with Crippen LogP contribution in [0.4, 0.5) is 42.5 Å². The highest BCUT2D eigenvalue weighted by molar-refractivity contribution is 6.30. The first kappa shape index (κ1) is 21.5. The molecule has 0 unspecified atom stereocenters. The molecule has 0 saturated carbocycles. The summed E-state index contributed by atoms with van der Waals surface area (Å²) >= 11 is 5.79. The fourth-order valence-corrected chi connectivity index (χ4v) is 2.77. The van der Waals surface area contributed by atoms with Crippen LogP contribution in [0.3, 0.4) is 0 Å². The monoisotopic (exact) mass is 448 g/mol. The Morgan fingerprint density at radius 3 is 2.27 bits per heavy atom. The lowest BCUT2D eigenvalue weighted by Gasteiger charge is -2.17. The Balaban J connectivity index is 1.95. The van der Waals surface area contributed by atoms with Gasteiger partial charge in [0.2, 0.25) is 0 Å². The van der Waals surface area contributed by atoms with Gasteiger partial charge in [-0.3, -0.25) is 10.9 Å². The van der Waals surface area contributed by atoms with E-state index < -0.39 is 40.8 Å². The summed E-state index contributed by atoms with van der Waals surface area (Å²) < 4.78 is 79.2. The zero-order valence-electron chi connectivity index (χ0n) is 14.6. The van der Waals surface area contributed by atoms with Crippen LogP contribution in [0.1, 0.15) is 11.3 Å². The molecule has 0 bridgehead atoms. The molecule has 1 aromatic heterocycles. The number of carbonyl (C=O) groups is 1. The highest BCUT2D eigenvalue weighted by atomic mass is 35.5. The molecule has 30 heavy (non-hydrogen) atoms. The van der Waals surface area contributed by atoms with E-state index in [2.05, 4.69) is 21.2 Å². The molecule has 0 fully saturated rings. The molecule has 0 radical (unpaired) electrons. The van der Waals surface area contributed by atoms with Gasteiger partial charge >= 0.3 is 18.4 Å². The number of fused-ring (bicyclic) bond motifs is 1. The minimum atomic E-state index is -5.01. The van der Waals surface area contributed by atoms with E-state index in [4.69, 9.17) is 11.6 Å². The van der Waals surface area contributed by atoms with E-state index in [1.165, 1.54) is 12.1 Å². The summed E-state index contributed by atoms with van der Waals surface area (Å²) in [5.41, 5.74) is 0.370. The summed E-state index contributed by atoms with van der Waals surface area (Å²) in [5.74, 6) is 0. The first-order chi connectivity index (χ1) is 13.9. The lowest BCUT2D eigenvalue weighted by molar-refractivity contribution is -0.142. The fraction of sp³-hybridized carbons (Fsp3) is 0.111. The number of nitrogens with zero attached hydrogens (tertiary/aromatic N) is 1. The lowest BCUT2D eigenvalue weighted by Crippen LogP contribution is -2.33. The van der Waals surface area contributed by atoms with Crippen LogP contribution in [0.15, 0.2) is 48.5 Å². The molecule has 2 aromatic carbocycles. The van der Waals surface area contributed by atoms with Crippen LogP contribution < -0.4 is 16.2 Å². The van der Waals surface area contributed by atoms with Crippen LogP contribution in [0.25, 0.3) is 10.9 Å². The smallest absolute Gasteiger partial charge is 0.307 e. The molecule has 12 heteroatoms. The summed E-state index contributed by atoms with van der Waals surface area (Å²) in [6.07, 6.45) is -9.93. The van der Waals surface area contributed by atoms with Crippen molar-refractivity contribution in [3.8, 4) is 0 Å². The van der Waals surface area contributed by atoms with Crippen molar-refractivity contribution in [1.29, 1.82) is 0 Å². The number of halogens is 7. The number of para-hydroxylation sites is 1. The Morgan fingerprint density at radius 2 is 1.63 bits per heavy atom. The molecule has 0 spiro atoms. The average Bonchev–Trinajstić information content (AvgIpc) is 2.64. The van der Waals surface area contributed by atoms with Crippen molar-refractivity contribution < 1.29 is 31.1 Å². The third-order valence-corrected chi connectivity index (χ3v) is 4.06. The van der Waals surface area contributed by atoms with Crippen molar-refractivity contribution in [1.82, 2.24) is 10.4 Å². The molecule has 0 aliphatic rings. The number of hydrogen-bond acceptors (Lipinski definition) is 3. The third-order valence-electron chi connectivity index (χ3n) is 3.83. The summed E-state index contributed by atoms with van der Waals surface area (Å²) in [5, 5.41) is 2.43. The van der Waals surface area contributed by atoms with Gasteiger partial charge in [-0.2, -0.15) is 26.3 Å². The SMILES string of the molecule is O=C(NNc1cc(C(F)(F)F)nc2c(C(F)(F)F)cccc12)Nc1cccc(Cl)c1. The Kier molecular flexibility index (Phi) is 5.66. The number of aromatic nitrogens is 1. The maximum absolute atomic E-state index is 13.2. The van der Waals surface area contributed by atoms with Crippen LogP contribution in [-0.4, -0.2) is 11.0 Å². The number of pyridine rings is 1. The standard InChI is InChI=1S/C18H11ClF6N4O/c19-9-3-1-4-10(7-9)26-16(30)29-28-13-8-14(18(23,24)25)27-15-11(13)5-2-6-12(15)17(20,21)22/h1-8H,(H,27,28)(H2,26,29,30). The molecule has 5 nitrogen and oxygen atoms in total. The Hall–Kier alpha value is -3.21. The van der Waals surface area contributed by atoms with Gasteiger partial charge in [-0.1, -0.05) is 29.8 Å². The van der Waals surface area contributed by atoms with Crippen molar-refractivity contribution >= 4 is 39.9 Å². The number of rotatable bonds is 3. The molecule has 2 amide bonds. The highest BCUT2D eigenvalue weighted by Gasteiger charge is 2.37. The zero-order valence-corrected chi connectivity index (χ0v) is 15.4. The minimum Gasteiger partial charge on any atom is -0.307 e. The number of hydrazine groups is 1. The second-order valence-electron chi connectivity index (χ2n) is 5.97. The van der Waals surface area contributed by atoms with Crippen LogP contribution >= 0.6 is 11.6 Å². The van der Waals surface area contributed by atoms with Gasteiger partial charge in [0, 0.05) is 16.1 Å². The first-order valence-corrected chi connectivity index (χ1v) is 8.49. The van der Waals surface area contributed by atoms with E-state index in [9.17, 15) is 31.1 Å². The van der Waals surface area contributed by atoms with Gasteiger partial charge in [-0.25, -0.2) is 9.78 Å². The van der Waals surface area contributed by atoms with Gasteiger partial charge in [0.25, 0.3) is 0 Å². The molecule has 0 aliphatic carbocycles. The van der Waals surface area contributed by atoms with E-state index in [0.717, 1.165) is 12.1 Å². The molecule has 3 rings (SSSR count). The molecule has 0 saturated heterocycles. The lowest BCUT2D eigenvalue weighted by atomic mass is 10.1. The van der Waals surface area contributed by atoms with E-state index >= 15 is 0 Å². The quantitative estimate of drug-likeness (QED) is 0.336. The Bertz CT molecular complexity index is 1100. The van der Waals surface area contributed by atoms with Crippen LogP contribution in [-0.2, 0) is 12.4 Å². The van der Waals surface area contributed by atoms with E-state index in [-0.39, 0.29) is 11.1 Å². The maximum atomic E-state index is 13.2. The average molecular weight is 449 g/mol. The van der Waals surface area contributed by atoms with Crippen LogP contribution in [0, 0.1) is 0 Å². The molecular weight excluding hydrogens is 438 g/mol. The van der Waals surface area contributed by atoms with Crippen LogP contribution in [0.5, 0.6) is 0 Å². The van der Waals surface area contributed by atoms with Gasteiger partial charge in [0.05, 0.1) is 16.8 Å². The number of amides is 2. The highest BCUT2D eigenvalue weighted by Crippen LogP contribution is 2.38. The summed E-state index contributed by atoms with van der Waals surface area (Å²) in [6.45, 7) is 0. The fourth-order valence-electron chi connectivity index (χ4n) is 2.58. The van der Waals surface area contributed by atoms with Gasteiger partial charge in [0.15, 0.2) is 0 Å². The third kappa shape index (κ3) is 4.85. The summed E-state index contributed by atoms with van der Waals surface area (Å²) in [6, 6.07) is 8.45. The van der Waals surface area contributed by atoms with Gasteiger partial charge in [0.1, 0.15) is 5.69 Å². The molecule has 158 valence electrons. The molecular formula is C18H11ClF6N4O. The normalized spacial score (nSPS) is 12.0. The summed E-state index contributed by atoms with van der Waals surface area (Å²) in [4.78, 5) is 15.1. The Morgan fingerprint density at radius 1 is 0.933 bits per heavy atom. The molecule has 0 aliphatic heterocycles. The number of carbonyl (C=O) groups excluding carboxylic acids is 1. The molecule has 0 atom stereocenters. The minimum absolute atomic E-state index is 0.263. The molecule has 3 aromatic rings. The van der Waals surface area contributed by atoms with Crippen molar-refractivity contribution in [2.75, 3.05) is 10.7 Å². The number of anilines is 2. The second kappa shape index (κ2) is 7.90. The van der Waals surface area contributed by atoms with Gasteiger partial charge < -0.3 is 5.32 Å². The Labute approximate surface area is 170 Å². The maximum Gasteiger partial charge on any atom is 0.433 e. The second-order valence-corrected chi connectivity index (χ2v) is 6.40. The largest absolute Gasteiger partial charge is 0.433 e. The predicted molar refractivity (Wildman–Crippen MR) is 99.0 cm³/mol. The van der Waals surface area contributed by atoms with E-state index in [0.29, 0.717) is 17.2 Å². The van der Waals surface area contributed by atoms with Gasteiger partial charge in [-0.15, -0.1) is 0 Å². The van der Waals surface area contributed by atoms with E-state index in [1.807, 2.05) is 0 Å². The summed E-state index contributed by atoms with van der Waals surface area (Å²) in [7, 11) is 0. The number of nitrogens with one attached hydrogen (secondary N) is 3. The molecule has 3 N–H and O–H groups in total. The van der Waals surface area contributed by atoms with Crippen LogP contribution in [0.2, 0.25) is 5.02 Å². The van der Waals surface area contributed by atoms with Crippen molar-refractivity contribution in [3.63, 3.8) is 0 Å². The number of urea groups is 1. The predicted octanol–water partition coefficient (Wildman–Crippen LogP) is 6.07. The van der Waals surface area contributed by atoms with Gasteiger partial charge in [-0.05, 0) is 30.3 Å². The topological polar surface area (TPSA) is 66.0 Å². The number of hydrogen-bond donors (Lipinski definition) is 3. The van der Waals surface area contributed by atoms with Crippen molar-refractivity contribution in [2.24, 2.45) is 0 Å². The number of alkyl halides is 6. The number of benzene rings is 2. The van der Waals surface area contributed by atoms with E-state index in [1.54, 1.807) is 12.1 Å². The molecule has 1 heterocycles. The first-order valence-electron chi connectivity index (χ1n) is 8.12. The zero-order chi connectivity index (χ0) is 22.1. The van der Waals surface area contributed by atoms with Crippen molar-refractivity contribution in [2.45, 2.75) is 12.4 Å². The van der Waals surface area contributed by atoms with Crippen molar-refractivity contribution in [3.05, 3.63) is 64.8 Å².